The van der Waals surface area contributed by atoms with E-state index in [9.17, 15) is 14.9 Å². The number of thiophene rings is 1. The highest BCUT2D eigenvalue weighted by atomic mass is 32.1. The molecule has 0 aromatic carbocycles. The molecular formula is C15H14N4O3S. The molecule has 0 atom stereocenters. The van der Waals surface area contributed by atoms with Crippen molar-refractivity contribution in [3.05, 3.63) is 56.4 Å². The van der Waals surface area contributed by atoms with Gasteiger partial charge in [0.1, 0.15) is 12.0 Å². The minimum atomic E-state index is -0.718. The van der Waals surface area contributed by atoms with Gasteiger partial charge in [-0.05, 0) is 23.4 Å². The summed E-state index contributed by atoms with van der Waals surface area (Å²) in [6.45, 7) is 1.26. The summed E-state index contributed by atoms with van der Waals surface area (Å²) in [5.41, 5.74) is 6.45. The van der Waals surface area contributed by atoms with Gasteiger partial charge in [0.2, 0.25) is 0 Å². The van der Waals surface area contributed by atoms with E-state index in [1.807, 2.05) is 16.3 Å². The number of nitro groups is 1. The lowest BCUT2D eigenvalue weighted by molar-refractivity contribution is -0.385. The van der Waals surface area contributed by atoms with Gasteiger partial charge < -0.3 is 10.6 Å². The Bertz CT molecular complexity index is 786. The lowest BCUT2D eigenvalue weighted by Crippen LogP contribution is -2.31. The SMILES string of the molecule is NC(=O)c1cc([N+](=O)[O-])cnc1N1CC=C(c2cccs2)CC1. The molecule has 7 nitrogen and oxygen atoms in total. The molecule has 3 heterocycles. The predicted molar refractivity (Wildman–Crippen MR) is 88.5 cm³/mol. The second-order valence-corrected chi connectivity index (χ2v) is 6.04. The topological polar surface area (TPSA) is 102 Å². The molecule has 23 heavy (non-hydrogen) atoms. The maximum atomic E-state index is 11.6. The molecular weight excluding hydrogens is 316 g/mol. The second-order valence-electron chi connectivity index (χ2n) is 5.09. The van der Waals surface area contributed by atoms with Crippen molar-refractivity contribution >= 4 is 34.3 Å². The van der Waals surface area contributed by atoms with Gasteiger partial charge in [0.25, 0.3) is 11.6 Å². The third-order valence-corrected chi connectivity index (χ3v) is 4.62. The zero-order valence-electron chi connectivity index (χ0n) is 12.1. The first-order valence-electron chi connectivity index (χ1n) is 6.98. The zero-order chi connectivity index (χ0) is 16.4. The Kier molecular flexibility index (Phi) is 4.07. The highest BCUT2D eigenvalue weighted by molar-refractivity contribution is 7.11. The number of aromatic nitrogens is 1. The largest absolute Gasteiger partial charge is 0.365 e. The van der Waals surface area contributed by atoms with Crippen molar-refractivity contribution in [2.45, 2.75) is 6.42 Å². The van der Waals surface area contributed by atoms with Crippen LogP contribution in [0.2, 0.25) is 0 Å². The maximum Gasteiger partial charge on any atom is 0.288 e. The van der Waals surface area contributed by atoms with Gasteiger partial charge in [-0.3, -0.25) is 14.9 Å². The number of amides is 1. The molecule has 0 saturated carbocycles. The summed E-state index contributed by atoms with van der Waals surface area (Å²) in [5.74, 6) is -0.325. The molecule has 0 unspecified atom stereocenters. The van der Waals surface area contributed by atoms with Crippen LogP contribution in [-0.4, -0.2) is 28.9 Å². The summed E-state index contributed by atoms with van der Waals surface area (Å²) < 4.78 is 0. The van der Waals surface area contributed by atoms with Crippen LogP contribution in [0.4, 0.5) is 11.5 Å². The van der Waals surface area contributed by atoms with Crippen LogP contribution in [0.3, 0.4) is 0 Å². The van der Waals surface area contributed by atoms with E-state index in [0.29, 0.717) is 18.9 Å². The Hall–Kier alpha value is -2.74. The lowest BCUT2D eigenvalue weighted by atomic mass is 10.1. The molecule has 0 radical (unpaired) electrons. The lowest BCUT2D eigenvalue weighted by Gasteiger charge is -2.28. The van der Waals surface area contributed by atoms with Crippen LogP contribution in [-0.2, 0) is 0 Å². The Morgan fingerprint density at radius 2 is 2.30 bits per heavy atom. The molecule has 0 bridgehead atoms. The molecule has 2 N–H and O–H groups in total. The van der Waals surface area contributed by atoms with Gasteiger partial charge in [-0.25, -0.2) is 4.98 Å². The van der Waals surface area contributed by atoms with Crippen molar-refractivity contribution < 1.29 is 9.72 Å². The van der Waals surface area contributed by atoms with Crippen molar-refractivity contribution in [2.24, 2.45) is 5.73 Å². The van der Waals surface area contributed by atoms with Crippen LogP contribution in [0.15, 0.2) is 35.9 Å². The van der Waals surface area contributed by atoms with E-state index in [0.717, 1.165) is 12.6 Å². The molecule has 118 valence electrons. The predicted octanol–water partition coefficient (Wildman–Crippen LogP) is 2.44. The number of anilines is 1. The van der Waals surface area contributed by atoms with Gasteiger partial charge in [0.15, 0.2) is 0 Å². The molecule has 2 aromatic rings. The molecule has 1 amide bonds. The van der Waals surface area contributed by atoms with Crippen LogP contribution < -0.4 is 10.6 Å². The average molecular weight is 330 g/mol. The first kappa shape index (κ1) is 15.2. The Balaban J connectivity index is 1.88. The molecule has 0 spiro atoms. The van der Waals surface area contributed by atoms with Crippen molar-refractivity contribution in [1.29, 1.82) is 0 Å². The van der Waals surface area contributed by atoms with E-state index < -0.39 is 10.8 Å². The summed E-state index contributed by atoms with van der Waals surface area (Å²) in [7, 11) is 0. The van der Waals surface area contributed by atoms with E-state index in [1.54, 1.807) is 11.3 Å². The molecule has 8 heteroatoms. The number of nitrogens with two attached hydrogens (primary N) is 1. The third-order valence-electron chi connectivity index (χ3n) is 3.67. The molecule has 0 fully saturated rings. The fourth-order valence-corrected chi connectivity index (χ4v) is 3.32. The quantitative estimate of drug-likeness (QED) is 0.685. The van der Waals surface area contributed by atoms with Crippen LogP contribution in [0.1, 0.15) is 21.7 Å². The number of carbonyl (C=O) groups excluding carboxylic acids is 1. The summed E-state index contributed by atoms with van der Waals surface area (Å²) in [6, 6.07) is 5.27. The van der Waals surface area contributed by atoms with E-state index in [-0.39, 0.29) is 11.3 Å². The normalized spacial score (nSPS) is 14.4. The van der Waals surface area contributed by atoms with Crippen molar-refractivity contribution in [2.75, 3.05) is 18.0 Å². The number of primary amides is 1. The smallest absolute Gasteiger partial charge is 0.288 e. The van der Waals surface area contributed by atoms with Crippen molar-refractivity contribution in [3.63, 3.8) is 0 Å². The number of nitrogens with zero attached hydrogens (tertiary/aromatic N) is 3. The van der Waals surface area contributed by atoms with E-state index >= 15 is 0 Å². The number of hydrogen-bond acceptors (Lipinski definition) is 6. The molecule has 0 saturated heterocycles. The molecule has 1 aliphatic heterocycles. The first-order chi connectivity index (χ1) is 11.1. The number of pyridine rings is 1. The van der Waals surface area contributed by atoms with E-state index in [4.69, 9.17) is 5.73 Å². The van der Waals surface area contributed by atoms with Crippen molar-refractivity contribution in [3.8, 4) is 0 Å². The highest BCUT2D eigenvalue weighted by Gasteiger charge is 2.22. The highest BCUT2D eigenvalue weighted by Crippen LogP contribution is 2.29. The summed E-state index contributed by atoms with van der Waals surface area (Å²) in [4.78, 5) is 29.1. The van der Waals surface area contributed by atoms with Gasteiger partial charge >= 0.3 is 0 Å². The first-order valence-corrected chi connectivity index (χ1v) is 7.86. The number of hydrogen-bond donors (Lipinski definition) is 1. The minimum absolute atomic E-state index is 0.0761. The van der Waals surface area contributed by atoms with Crippen LogP contribution in [0, 0.1) is 10.1 Å². The van der Waals surface area contributed by atoms with Gasteiger partial charge in [-0.2, -0.15) is 0 Å². The summed E-state index contributed by atoms with van der Waals surface area (Å²) in [5, 5.41) is 12.9. The second kappa shape index (κ2) is 6.17. The molecule has 1 aliphatic rings. The summed E-state index contributed by atoms with van der Waals surface area (Å²) >= 11 is 1.69. The standard InChI is InChI=1S/C15H14N4O3S/c16-14(20)12-8-11(19(21)22)9-17-15(12)18-5-3-10(4-6-18)13-2-1-7-23-13/h1-3,7-9H,4-6H2,(H2,16,20). The third kappa shape index (κ3) is 3.07. The summed E-state index contributed by atoms with van der Waals surface area (Å²) in [6.07, 6.45) is 4.06. The number of carbonyl (C=O) groups is 1. The fourth-order valence-electron chi connectivity index (χ4n) is 2.53. The Morgan fingerprint density at radius 1 is 1.48 bits per heavy atom. The maximum absolute atomic E-state index is 11.6. The average Bonchev–Trinajstić information content (AvgIpc) is 3.09. The molecule has 3 rings (SSSR count). The van der Waals surface area contributed by atoms with E-state index in [2.05, 4.69) is 17.1 Å². The van der Waals surface area contributed by atoms with Gasteiger partial charge in [0, 0.05) is 24.0 Å². The minimum Gasteiger partial charge on any atom is -0.365 e. The van der Waals surface area contributed by atoms with Gasteiger partial charge in [0.05, 0.1) is 10.5 Å². The van der Waals surface area contributed by atoms with Crippen LogP contribution in [0.25, 0.3) is 5.57 Å². The zero-order valence-corrected chi connectivity index (χ0v) is 13.0. The number of rotatable bonds is 4. The monoisotopic (exact) mass is 330 g/mol. The Labute approximate surface area is 136 Å². The fraction of sp³-hybridized carbons (Fsp3) is 0.200. The van der Waals surface area contributed by atoms with E-state index in [1.165, 1.54) is 16.5 Å². The van der Waals surface area contributed by atoms with Crippen LogP contribution >= 0.6 is 11.3 Å². The Morgan fingerprint density at radius 3 is 2.87 bits per heavy atom. The molecule has 2 aromatic heterocycles. The van der Waals surface area contributed by atoms with Crippen molar-refractivity contribution in [1.82, 2.24) is 4.98 Å². The molecule has 0 aliphatic carbocycles. The van der Waals surface area contributed by atoms with Gasteiger partial charge in [-0.1, -0.05) is 12.1 Å². The van der Waals surface area contributed by atoms with Gasteiger partial charge in [-0.15, -0.1) is 11.3 Å². The van der Waals surface area contributed by atoms with Crippen LogP contribution in [0.5, 0.6) is 0 Å².